The zero-order chi connectivity index (χ0) is 27.5. The Morgan fingerprint density at radius 3 is 1.87 bits per heavy atom. The van der Waals surface area contributed by atoms with Crippen LogP contribution in [0.15, 0.2) is 114 Å². The number of nitrogens with one attached hydrogen (secondary N) is 1. The summed E-state index contributed by atoms with van der Waals surface area (Å²) in [4.78, 5) is 26.8. The third-order valence-electron chi connectivity index (χ3n) is 6.25. The second kappa shape index (κ2) is 14.3. The molecule has 4 rings (SSSR count). The lowest BCUT2D eigenvalue weighted by Gasteiger charge is -2.23. The molecule has 7 heteroatoms. The minimum Gasteiger partial charge on any atom is -0.492 e. The molecule has 4 aromatic carbocycles. The third-order valence-corrected chi connectivity index (χ3v) is 6.78. The Morgan fingerprint density at radius 1 is 0.769 bits per heavy atom. The topological polar surface area (TPSA) is 78.9 Å². The first-order chi connectivity index (χ1) is 19.0. The molecule has 39 heavy (non-hydrogen) atoms. The van der Waals surface area contributed by atoms with Crippen LogP contribution < -0.4 is 10.1 Å². The second-order valence-corrected chi connectivity index (χ2v) is 10.2. The number of rotatable bonds is 13. The number of carboxylic acid groups (broad SMARTS) is 1. The van der Waals surface area contributed by atoms with Crippen LogP contribution in [0.1, 0.15) is 27.0 Å². The maximum Gasteiger partial charge on any atom is 0.326 e. The van der Waals surface area contributed by atoms with Crippen molar-refractivity contribution in [3.05, 3.63) is 136 Å². The lowest BCUT2D eigenvalue weighted by molar-refractivity contribution is -0.139. The number of carbonyl (C=O) groups excluding carboxylic acids is 1. The second-order valence-electron chi connectivity index (χ2n) is 9.25. The van der Waals surface area contributed by atoms with Gasteiger partial charge in [0.1, 0.15) is 18.4 Å². The van der Waals surface area contributed by atoms with Gasteiger partial charge in [0.05, 0.1) is 0 Å². The Balaban J connectivity index is 1.31. The Hall–Kier alpha value is -3.94. The maximum absolute atomic E-state index is 12.7. The highest BCUT2D eigenvalue weighted by molar-refractivity contribution is 9.10. The van der Waals surface area contributed by atoms with Gasteiger partial charge in [0.2, 0.25) is 0 Å². The largest absolute Gasteiger partial charge is 0.492 e. The van der Waals surface area contributed by atoms with Crippen molar-refractivity contribution in [1.82, 2.24) is 10.2 Å². The van der Waals surface area contributed by atoms with Crippen molar-refractivity contribution in [2.24, 2.45) is 0 Å². The molecule has 0 radical (unpaired) electrons. The number of carboxylic acids is 1. The summed E-state index contributed by atoms with van der Waals surface area (Å²) in [5, 5.41) is 12.2. The summed E-state index contributed by atoms with van der Waals surface area (Å²) in [5.41, 5.74) is 3.68. The molecule has 0 aliphatic rings. The standard InChI is InChI=1S/C32H31BrN2O4/c33-28-15-11-24(12-16-28)21-30(32(37)38)34-31(36)27-13-17-29(18-14-27)39-20-19-35(22-25-7-3-1-4-8-25)23-26-9-5-2-6-10-26/h1-18,30H,19-23H2,(H,34,36)(H,37,38). The summed E-state index contributed by atoms with van der Waals surface area (Å²) >= 11 is 3.37. The van der Waals surface area contributed by atoms with Crippen molar-refractivity contribution in [3.8, 4) is 5.75 Å². The van der Waals surface area contributed by atoms with Gasteiger partial charge < -0.3 is 15.2 Å². The zero-order valence-corrected chi connectivity index (χ0v) is 23.1. The van der Waals surface area contributed by atoms with Crippen molar-refractivity contribution in [3.63, 3.8) is 0 Å². The highest BCUT2D eigenvalue weighted by atomic mass is 79.9. The molecule has 0 bridgehead atoms. The molecule has 0 aromatic heterocycles. The maximum atomic E-state index is 12.7. The van der Waals surface area contributed by atoms with E-state index in [-0.39, 0.29) is 6.42 Å². The summed E-state index contributed by atoms with van der Waals surface area (Å²) in [5.74, 6) is -0.875. The molecule has 1 amide bonds. The van der Waals surface area contributed by atoms with Crippen molar-refractivity contribution >= 4 is 27.8 Å². The number of amides is 1. The molecule has 0 aliphatic heterocycles. The molecule has 0 heterocycles. The fourth-order valence-electron chi connectivity index (χ4n) is 4.19. The minimum absolute atomic E-state index is 0.192. The van der Waals surface area contributed by atoms with Gasteiger partial charge in [0.15, 0.2) is 0 Å². The molecule has 0 saturated carbocycles. The van der Waals surface area contributed by atoms with E-state index in [2.05, 4.69) is 50.4 Å². The molecule has 0 spiro atoms. The van der Waals surface area contributed by atoms with Gasteiger partial charge in [-0.2, -0.15) is 0 Å². The monoisotopic (exact) mass is 586 g/mol. The first-order valence-electron chi connectivity index (χ1n) is 12.8. The van der Waals surface area contributed by atoms with Gasteiger partial charge >= 0.3 is 5.97 Å². The summed E-state index contributed by atoms with van der Waals surface area (Å²) in [6.45, 7) is 2.83. The SMILES string of the molecule is O=C(NC(Cc1ccc(Br)cc1)C(=O)O)c1ccc(OCCN(Cc2ccccc2)Cc2ccccc2)cc1. The molecule has 200 valence electrons. The first-order valence-corrected chi connectivity index (χ1v) is 13.6. The van der Waals surface area contributed by atoms with Crippen LogP contribution in [0.2, 0.25) is 0 Å². The van der Waals surface area contributed by atoms with Crippen LogP contribution in [-0.4, -0.2) is 41.1 Å². The fourth-order valence-corrected chi connectivity index (χ4v) is 4.45. The predicted octanol–water partition coefficient (Wildman–Crippen LogP) is 5.96. The lowest BCUT2D eigenvalue weighted by Crippen LogP contribution is -2.42. The number of hydrogen-bond donors (Lipinski definition) is 2. The molecular weight excluding hydrogens is 556 g/mol. The van der Waals surface area contributed by atoms with Crippen molar-refractivity contribution < 1.29 is 19.4 Å². The molecule has 1 atom stereocenters. The Kier molecular flexibility index (Phi) is 10.3. The lowest BCUT2D eigenvalue weighted by atomic mass is 10.1. The normalized spacial score (nSPS) is 11.6. The quantitative estimate of drug-likeness (QED) is 0.202. The molecule has 0 aliphatic carbocycles. The van der Waals surface area contributed by atoms with Crippen LogP contribution in [0.4, 0.5) is 0 Å². The van der Waals surface area contributed by atoms with Crippen LogP contribution in [0, 0.1) is 0 Å². The van der Waals surface area contributed by atoms with Crippen LogP contribution in [0.5, 0.6) is 5.75 Å². The summed E-state index contributed by atoms with van der Waals surface area (Å²) in [6.07, 6.45) is 0.192. The molecule has 1 unspecified atom stereocenters. The van der Waals surface area contributed by atoms with Gasteiger partial charge in [-0.15, -0.1) is 0 Å². The van der Waals surface area contributed by atoms with Crippen molar-refractivity contribution in [2.45, 2.75) is 25.6 Å². The number of ether oxygens (including phenoxy) is 1. The van der Waals surface area contributed by atoms with E-state index in [1.165, 1.54) is 11.1 Å². The summed E-state index contributed by atoms with van der Waals surface area (Å²) in [7, 11) is 0. The highest BCUT2D eigenvalue weighted by Gasteiger charge is 2.21. The van der Waals surface area contributed by atoms with Crippen LogP contribution >= 0.6 is 15.9 Å². The smallest absolute Gasteiger partial charge is 0.326 e. The average molecular weight is 588 g/mol. The van der Waals surface area contributed by atoms with Gasteiger partial charge in [-0.3, -0.25) is 9.69 Å². The Labute approximate surface area is 237 Å². The van der Waals surface area contributed by atoms with E-state index in [1.54, 1.807) is 24.3 Å². The van der Waals surface area contributed by atoms with Gasteiger partial charge in [0, 0.05) is 36.1 Å². The molecule has 0 fully saturated rings. The van der Waals surface area contributed by atoms with E-state index >= 15 is 0 Å². The van der Waals surface area contributed by atoms with E-state index in [4.69, 9.17) is 4.74 Å². The minimum atomic E-state index is -1.08. The van der Waals surface area contributed by atoms with Crippen LogP contribution in [0.25, 0.3) is 0 Å². The Bertz CT molecular complexity index is 1290. The number of nitrogens with zero attached hydrogens (tertiary/aromatic N) is 1. The summed E-state index contributed by atoms with van der Waals surface area (Å²) in [6, 6.07) is 33.8. The average Bonchev–Trinajstić information content (AvgIpc) is 2.95. The van der Waals surface area contributed by atoms with Gasteiger partial charge in [-0.05, 0) is 53.1 Å². The van der Waals surface area contributed by atoms with Crippen molar-refractivity contribution in [2.75, 3.05) is 13.2 Å². The Morgan fingerprint density at radius 2 is 1.33 bits per heavy atom. The molecular formula is C32H31BrN2O4. The van der Waals surface area contributed by atoms with E-state index in [9.17, 15) is 14.7 Å². The van der Waals surface area contributed by atoms with Crippen LogP contribution in [0.3, 0.4) is 0 Å². The molecule has 6 nitrogen and oxygen atoms in total. The number of hydrogen-bond acceptors (Lipinski definition) is 4. The van der Waals surface area contributed by atoms with Gasteiger partial charge in [-0.25, -0.2) is 4.79 Å². The van der Waals surface area contributed by atoms with Crippen LogP contribution in [-0.2, 0) is 24.3 Å². The number of carbonyl (C=O) groups is 2. The predicted molar refractivity (Wildman–Crippen MR) is 156 cm³/mol. The van der Waals surface area contributed by atoms with Gasteiger partial charge in [-0.1, -0.05) is 88.7 Å². The summed E-state index contributed by atoms with van der Waals surface area (Å²) < 4.78 is 6.89. The number of benzene rings is 4. The molecule has 2 N–H and O–H groups in total. The number of aliphatic carboxylic acids is 1. The molecule has 0 saturated heterocycles. The zero-order valence-electron chi connectivity index (χ0n) is 21.5. The molecule has 4 aromatic rings. The van der Waals surface area contributed by atoms with E-state index < -0.39 is 17.9 Å². The van der Waals surface area contributed by atoms with Crippen molar-refractivity contribution in [1.29, 1.82) is 0 Å². The van der Waals surface area contributed by atoms with E-state index in [1.807, 2.05) is 60.7 Å². The fraction of sp³-hybridized carbons (Fsp3) is 0.188. The highest BCUT2D eigenvalue weighted by Crippen LogP contribution is 2.15. The first kappa shape index (κ1) is 28.1. The third kappa shape index (κ3) is 9.09. The van der Waals surface area contributed by atoms with Gasteiger partial charge in [0.25, 0.3) is 5.91 Å². The van der Waals surface area contributed by atoms with E-state index in [0.29, 0.717) is 17.9 Å². The van der Waals surface area contributed by atoms with E-state index in [0.717, 1.165) is 29.7 Å². The number of halogens is 1.